The first kappa shape index (κ1) is 11.5. The van der Waals surface area contributed by atoms with Crippen LogP contribution in [0.5, 0.6) is 0 Å². The Balaban J connectivity index is 2.30. The van der Waals surface area contributed by atoms with Gasteiger partial charge < -0.3 is 4.74 Å². The second kappa shape index (κ2) is 4.50. The van der Waals surface area contributed by atoms with E-state index in [1.807, 2.05) is 13.8 Å². The Bertz CT molecular complexity index is 378. The summed E-state index contributed by atoms with van der Waals surface area (Å²) in [6.07, 6.45) is 1.76. The maximum atomic E-state index is 13.6. The largest absolute Gasteiger partial charge is 0.370 e. The van der Waals surface area contributed by atoms with Gasteiger partial charge in [-0.25, -0.2) is 8.78 Å². The number of hydrogen-bond acceptors (Lipinski definition) is 1. The molecule has 0 bridgehead atoms. The summed E-state index contributed by atoms with van der Waals surface area (Å²) in [5.74, 6) is -0.565. The van der Waals surface area contributed by atoms with Crippen molar-refractivity contribution in [1.29, 1.82) is 0 Å². The Kier molecular flexibility index (Phi) is 3.24. The zero-order chi connectivity index (χ0) is 11.7. The van der Waals surface area contributed by atoms with Crippen LogP contribution in [0.15, 0.2) is 18.2 Å². The summed E-state index contributed by atoms with van der Waals surface area (Å²) in [7, 11) is 0. The summed E-state index contributed by atoms with van der Waals surface area (Å²) in [6.45, 7) is 3.98. The van der Waals surface area contributed by atoms with Gasteiger partial charge in [-0.3, -0.25) is 0 Å². The smallest absolute Gasteiger partial charge is 0.129 e. The molecule has 0 radical (unpaired) electrons. The van der Waals surface area contributed by atoms with Crippen LogP contribution in [0.25, 0.3) is 0 Å². The van der Waals surface area contributed by atoms with Gasteiger partial charge in [0.25, 0.3) is 0 Å². The Morgan fingerprint density at radius 3 is 2.69 bits per heavy atom. The van der Waals surface area contributed by atoms with Crippen molar-refractivity contribution in [2.24, 2.45) is 5.92 Å². The van der Waals surface area contributed by atoms with E-state index in [4.69, 9.17) is 4.74 Å². The highest BCUT2D eigenvalue weighted by molar-refractivity contribution is 5.22. The minimum absolute atomic E-state index is 0.115. The zero-order valence-electron chi connectivity index (χ0n) is 9.54. The van der Waals surface area contributed by atoms with Crippen molar-refractivity contribution in [2.75, 3.05) is 0 Å². The van der Waals surface area contributed by atoms with E-state index in [1.54, 1.807) is 0 Å². The van der Waals surface area contributed by atoms with Crippen molar-refractivity contribution in [3.63, 3.8) is 0 Å². The number of halogens is 2. The number of benzene rings is 1. The SMILES string of the molecule is CC1CCC(C)[C@@H](c2cc(F)ccc2F)O1. The van der Waals surface area contributed by atoms with Gasteiger partial charge in [-0.2, -0.15) is 0 Å². The predicted molar refractivity (Wildman–Crippen MR) is 58.0 cm³/mol. The average molecular weight is 226 g/mol. The second-order valence-corrected chi connectivity index (χ2v) is 4.59. The molecule has 2 unspecified atom stereocenters. The molecular weight excluding hydrogens is 210 g/mol. The van der Waals surface area contributed by atoms with Gasteiger partial charge in [0.15, 0.2) is 0 Å². The summed E-state index contributed by atoms with van der Waals surface area (Å²) < 4.78 is 32.4. The molecule has 1 saturated heterocycles. The Morgan fingerprint density at radius 1 is 1.19 bits per heavy atom. The van der Waals surface area contributed by atoms with Crippen molar-refractivity contribution in [2.45, 2.75) is 38.9 Å². The van der Waals surface area contributed by atoms with E-state index in [2.05, 4.69) is 0 Å². The Labute approximate surface area is 94.4 Å². The lowest BCUT2D eigenvalue weighted by Gasteiger charge is -2.33. The van der Waals surface area contributed by atoms with Gasteiger partial charge in [-0.05, 0) is 43.9 Å². The predicted octanol–water partition coefficient (Wildman–Crippen LogP) is 3.84. The van der Waals surface area contributed by atoms with Crippen LogP contribution in [0.1, 0.15) is 38.4 Å². The lowest BCUT2D eigenvalue weighted by atomic mass is 9.89. The van der Waals surface area contributed by atoms with E-state index < -0.39 is 5.82 Å². The van der Waals surface area contributed by atoms with Crippen LogP contribution in [0.2, 0.25) is 0 Å². The monoisotopic (exact) mass is 226 g/mol. The molecule has 3 heteroatoms. The van der Waals surface area contributed by atoms with E-state index in [9.17, 15) is 8.78 Å². The molecule has 2 rings (SSSR count). The maximum Gasteiger partial charge on any atom is 0.129 e. The van der Waals surface area contributed by atoms with Gasteiger partial charge in [0.05, 0.1) is 12.2 Å². The molecule has 0 spiro atoms. The molecule has 1 aliphatic heterocycles. The second-order valence-electron chi connectivity index (χ2n) is 4.59. The lowest BCUT2D eigenvalue weighted by molar-refractivity contribution is -0.0738. The Hall–Kier alpha value is -0.960. The van der Waals surface area contributed by atoms with Crippen LogP contribution in [-0.2, 0) is 4.74 Å². The summed E-state index contributed by atoms with van der Waals surface area (Å²) in [5, 5.41) is 0. The van der Waals surface area contributed by atoms with E-state index in [1.165, 1.54) is 12.1 Å². The van der Waals surface area contributed by atoms with Crippen LogP contribution in [-0.4, -0.2) is 6.10 Å². The van der Waals surface area contributed by atoms with Crippen molar-refractivity contribution in [3.8, 4) is 0 Å². The fourth-order valence-electron chi connectivity index (χ4n) is 2.21. The van der Waals surface area contributed by atoms with Gasteiger partial charge in [-0.15, -0.1) is 0 Å². The Morgan fingerprint density at radius 2 is 1.94 bits per heavy atom. The zero-order valence-corrected chi connectivity index (χ0v) is 9.54. The van der Waals surface area contributed by atoms with Crippen molar-refractivity contribution in [1.82, 2.24) is 0 Å². The third-order valence-corrected chi connectivity index (χ3v) is 3.19. The molecule has 1 aliphatic rings. The molecule has 0 saturated carbocycles. The third kappa shape index (κ3) is 2.24. The molecule has 3 atom stereocenters. The normalized spacial score (nSPS) is 30.4. The molecule has 1 fully saturated rings. The van der Waals surface area contributed by atoms with Gasteiger partial charge in [-0.1, -0.05) is 6.92 Å². The molecule has 0 aromatic heterocycles. The van der Waals surface area contributed by atoms with E-state index in [-0.39, 0.29) is 23.9 Å². The van der Waals surface area contributed by atoms with Crippen LogP contribution in [0.3, 0.4) is 0 Å². The summed E-state index contributed by atoms with van der Waals surface area (Å²) in [6, 6.07) is 3.55. The van der Waals surface area contributed by atoms with E-state index in [0.717, 1.165) is 18.9 Å². The lowest BCUT2D eigenvalue weighted by Crippen LogP contribution is -2.26. The van der Waals surface area contributed by atoms with Crippen molar-refractivity contribution < 1.29 is 13.5 Å². The molecular formula is C13H16F2O. The number of ether oxygens (including phenoxy) is 1. The fraction of sp³-hybridized carbons (Fsp3) is 0.538. The fourth-order valence-corrected chi connectivity index (χ4v) is 2.21. The molecule has 88 valence electrons. The van der Waals surface area contributed by atoms with Crippen LogP contribution >= 0.6 is 0 Å². The molecule has 1 nitrogen and oxygen atoms in total. The molecule has 1 heterocycles. The molecule has 16 heavy (non-hydrogen) atoms. The average Bonchev–Trinajstić information content (AvgIpc) is 2.25. The topological polar surface area (TPSA) is 9.23 Å². The van der Waals surface area contributed by atoms with Gasteiger partial charge >= 0.3 is 0 Å². The van der Waals surface area contributed by atoms with E-state index >= 15 is 0 Å². The highest BCUT2D eigenvalue weighted by Gasteiger charge is 2.29. The molecule has 0 amide bonds. The molecule has 1 aromatic carbocycles. The van der Waals surface area contributed by atoms with Crippen LogP contribution in [0, 0.1) is 17.6 Å². The first-order valence-corrected chi connectivity index (χ1v) is 5.68. The number of rotatable bonds is 1. The van der Waals surface area contributed by atoms with E-state index in [0.29, 0.717) is 5.56 Å². The van der Waals surface area contributed by atoms with Crippen LogP contribution in [0.4, 0.5) is 8.78 Å². The minimum atomic E-state index is -0.412. The third-order valence-electron chi connectivity index (χ3n) is 3.19. The summed E-state index contributed by atoms with van der Waals surface area (Å²) in [5.41, 5.74) is 0.346. The minimum Gasteiger partial charge on any atom is -0.370 e. The van der Waals surface area contributed by atoms with Gasteiger partial charge in [0.1, 0.15) is 11.6 Å². The summed E-state index contributed by atoms with van der Waals surface area (Å²) in [4.78, 5) is 0. The van der Waals surface area contributed by atoms with Crippen molar-refractivity contribution in [3.05, 3.63) is 35.4 Å². The standard InChI is InChI=1S/C13H16F2O/c1-8-3-4-9(2)16-13(8)11-7-10(14)5-6-12(11)15/h5-9,13H,3-4H2,1-2H3/t8?,9?,13-/m0/s1. The number of hydrogen-bond donors (Lipinski definition) is 0. The maximum absolute atomic E-state index is 13.6. The summed E-state index contributed by atoms with van der Waals surface area (Å²) >= 11 is 0. The molecule has 0 aliphatic carbocycles. The molecule has 0 N–H and O–H groups in total. The highest BCUT2D eigenvalue weighted by atomic mass is 19.1. The quantitative estimate of drug-likeness (QED) is 0.707. The van der Waals surface area contributed by atoms with Gasteiger partial charge in [0, 0.05) is 5.56 Å². The van der Waals surface area contributed by atoms with Crippen LogP contribution < -0.4 is 0 Å². The van der Waals surface area contributed by atoms with Crippen molar-refractivity contribution >= 4 is 0 Å². The first-order chi connectivity index (χ1) is 7.58. The highest BCUT2D eigenvalue weighted by Crippen LogP contribution is 2.37. The molecule has 1 aromatic rings. The first-order valence-electron chi connectivity index (χ1n) is 5.68. The van der Waals surface area contributed by atoms with Gasteiger partial charge in [0.2, 0.25) is 0 Å².